The number of benzene rings is 2. The van der Waals surface area contributed by atoms with Crippen LogP contribution in [-0.2, 0) is 4.79 Å². The number of rotatable bonds is 11. The number of carboxylic acids is 1. The summed E-state index contributed by atoms with van der Waals surface area (Å²) < 4.78 is 6.60. The van der Waals surface area contributed by atoms with Crippen LogP contribution in [0.1, 0.15) is 139 Å². The number of carbonyl (C=O) groups is 2. The van der Waals surface area contributed by atoms with E-state index in [4.69, 9.17) is 4.74 Å². The molecule has 4 nitrogen and oxygen atoms in total. The molecule has 4 heteroatoms. The Balaban J connectivity index is 0.00000189. The third-order valence-electron chi connectivity index (χ3n) is 10.3. The van der Waals surface area contributed by atoms with Gasteiger partial charge in [0.05, 0.1) is 11.7 Å². The second kappa shape index (κ2) is 14.5. The van der Waals surface area contributed by atoms with E-state index in [1.807, 2.05) is 26.0 Å². The van der Waals surface area contributed by atoms with Gasteiger partial charge in [-0.3, -0.25) is 4.79 Å². The topological polar surface area (TPSA) is 63.6 Å². The van der Waals surface area contributed by atoms with E-state index in [2.05, 4.69) is 32.0 Å². The molecule has 0 amide bonds. The lowest BCUT2D eigenvalue weighted by atomic mass is 9.67. The fraction of sp³-hybridized carbons (Fsp3) is 0.622. The zero-order valence-electron chi connectivity index (χ0n) is 25.9. The van der Waals surface area contributed by atoms with Crippen LogP contribution >= 0.6 is 0 Å². The molecule has 0 saturated heterocycles. The average molecular weight is 561 g/mol. The molecule has 2 aromatic rings. The quantitative estimate of drug-likeness (QED) is 0.297. The summed E-state index contributed by atoms with van der Waals surface area (Å²) in [5.74, 6) is 1.32. The first-order valence-electron chi connectivity index (χ1n) is 16.5. The molecule has 1 N–H and O–H groups in total. The summed E-state index contributed by atoms with van der Waals surface area (Å²) in [4.78, 5) is 25.1. The van der Waals surface area contributed by atoms with Gasteiger partial charge >= 0.3 is 5.97 Å². The van der Waals surface area contributed by atoms with Crippen molar-refractivity contribution in [3.05, 3.63) is 53.6 Å². The standard InChI is InChI=1S/C35H46O4.C2H6/c1-3-35(18-7-4-8-19-35)23-24(2)32(36)21-25-14-16-28(20-25)39-33-17-15-27(34(37)38)22-31(33)30-13-6-5-12-29(30)26-10-9-11-26;1-2/h5-6,12-13,15,17,22,24-26,28H,3-4,7-11,14,16,18-21,23H2,1-2H3,(H,37,38);1-2H3/t24-,25-,28-;/m1./s1. The van der Waals surface area contributed by atoms with Gasteiger partial charge in [-0.15, -0.1) is 0 Å². The molecule has 3 saturated carbocycles. The van der Waals surface area contributed by atoms with Crippen LogP contribution in [-0.4, -0.2) is 23.0 Å². The second-order valence-electron chi connectivity index (χ2n) is 12.8. The summed E-state index contributed by atoms with van der Waals surface area (Å²) in [6.45, 7) is 8.47. The van der Waals surface area contributed by atoms with Crippen molar-refractivity contribution in [1.82, 2.24) is 0 Å². The molecule has 0 spiro atoms. The number of carbonyl (C=O) groups excluding carboxylic acids is 1. The van der Waals surface area contributed by atoms with Crippen LogP contribution in [0.3, 0.4) is 0 Å². The van der Waals surface area contributed by atoms with Crippen molar-refractivity contribution < 1.29 is 19.4 Å². The Labute approximate surface area is 248 Å². The van der Waals surface area contributed by atoms with E-state index in [0.29, 0.717) is 29.5 Å². The fourth-order valence-corrected chi connectivity index (χ4v) is 7.55. The number of carboxylic acid groups (broad SMARTS) is 1. The maximum Gasteiger partial charge on any atom is 0.335 e. The van der Waals surface area contributed by atoms with E-state index in [0.717, 1.165) is 42.6 Å². The summed E-state index contributed by atoms with van der Waals surface area (Å²) in [6.07, 6.45) is 16.0. The third-order valence-corrected chi connectivity index (χ3v) is 10.3. The van der Waals surface area contributed by atoms with Gasteiger partial charge in [-0.25, -0.2) is 4.79 Å². The van der Waals surface area contributed by atoms with E-state index >= 15 is 0 Å². The van der Waals surface area contributed by atoms with Crippen LogP contribution in [0.2, 0.25) is 0 Å². The van der Waals surface area contributed by atoms with Crippen molar-refractivity contribution >= 4 is 11.8 Å². The average Bonchev–Trinajstić information content (AvgIpc) is 3.40. The molecule has 41 heavy (non-hydrogen) atoms. The van der Waals surface area contributed by atoms with Gasteiger partial charge in [-0.05, 0) is 97.9 Å². The molecule has 0 unspecified atom stereocenters. The molecule has 3 fully saturated rings. The second-order valence-corrected chi connectivity index (χ2v) is 12.8. The normalized spacial score (nSPS) is 22.6. The first kappa shape index (κ1) is 31.3. The van der Waals surface area contributed by atoms with Crippen LogP contribution in [0.5, 0.6) is 5.75 Å². The highest BCUT2D eigenvalue weighted by molar-refractivity contribution is 5.91. The van der Waals surface area contributed by atoms with E-state index in [9.17, 15) is 14.7 Å². The van der Waals surface area contributed by atoms with Crippen LogP contribution in [0.25, 0.3) is 11.1 Å². The predicted octanol–water partition coefficient (Wildman–Crippen LogP) is 10.2. The molecule has 2 aromatic carbocycles. The summed E-state index contributed by atoms with van der Waals surface area (Å²) in [5, 5.41) is 9.69. The van der Waals surface area contributed by atoms with Gasteiger partial charge in [0, 0.05) is 17.9 Å². The van der Waals surface area contributed by atoms with Gasteiger partial charge in [-0.2, -0.15) is 0 Å². The van der Waals surface area contributed by atoms with Gasteiger partial charge in [0.15, 0.2) is 0 Å². The van der Waals surface area contributed by atoms with Crippen molar-refractivity contribution in [2.24, 2.45) is 17.3 Å². The van der Waals surface area contributed by atoms with Gasteiger partial charge in [-0.1, -0.05) is 84.1 Å². The summed E-state index contributed by atoms with van der Waals surface area (Å²) in [6, 6.07) is 13.7. The van der Waals surface area contributed by atoms with Crippen molar-refractivity contribution in [1.29, 1.82) is 0 Å². The van der Waals surface area contributed by atoms with Gasteiger partial charge in [0.1, 0.15) is 11.5 Å². The largest absolute Gasteiger partial charge is 0.490 e. The SMILES string of the molecule is CC.CCC1(C[C@@H](C)C(=O)C[C@@H]2CC[C@@H](Oc3ccc(C(=O)O)cc3-c3ccccc3C3CCC3)C2)CCCCC1. The van der Waals surface area contributed by atoms with Crippen molar-refractivity contribution in [2.75, 3.05) is 0 Å². The molecule has 5 rings (SSSR count). The van der Waals surface area contributed by atoms with Gasteiger partial charge < -0.3 is 9.84 Å². The zero-order chi connectivity index (χ0) is 29.4. The van der Waals surface area contributed by atoms with Crippen LogP contribution in [0.15, 0.2) is 42.5 Å². The lowest BCUT2D eigenvalue weighted by Crippen LogP contribution is -2.29. The molecular formula is C37H52O4. The van der Waals surface area contributed by atoms with E-state index < -0.39 is 5.97 Å². The molecule has 0 aliphatic heterocycles. The number of hydrogen-bond donors (Lipinski definition) is 1. The molecule has 0 bridgehead atoms. The molecule has 3 aliphatic carbocycles. The van der Waals surface area contributed by atoms with Gasteiger partial charge in [0.2, 0.25) is 0 Å². The Kier molecular flexibility index (Phi) is 11.1. The minimum atomic E-state index is -0.921. The number of hydrogen-bond acceptors (Lipinski definition) is 3. The Hall–Kier alpha value is -2.62. The minimum absolute atomic E-state index is 0.0590. The van der Waals surface area contributed by atoms with E-state index in [1.54, 1.807) is 12.1 Å². The number of aromatic carboxylic acids is 1. The molecule has 224 valence electrons. The first-order valence-corrected chi connectivity index (χ1v) is 16.5. The van der Waals surface area contributed by atoms with Crippen molar-refractivity contribution in [3.8, 4) is 16.9 Å². The molecule has 3 aliphatic rings. The van der Waals surface area contributed by atoms with Crippen LogP contribution in [0, 0.1) is 17.3 Å². The number of ketones is 1. The maximum absolute atomic E-state index is 13.3. The van der Waals surface area contributed by atoms with Crippen molar-refractivity contribution in [2.45, 2.75) is 130 Å². The molecule has 0 aromatic heterocycles. The monoisotopic (exact) mass is 560 g/mol. The summed E-state index contributed by atoms with van der Waals surface area (Å²) in [7, 11) is 0. The lowest BCUT2D eigenvalue weighted by Gasteiger charge is -2.38. The maximum atomic E-state index is 13.3. The van der Waals surface area contributed by atoms with E-state index in [-0.39, 0.29) is 17.6 Å². The highest BCUT2D eigenvalue weighted by Gasteiger charge is 2.35. The Morgan fingerprint density at radius 2 is 1.68 bits per heavy atom. The third kappa shape index (κ3) is 7.62. The first-order chi connectivity index (χ1) is 19.9. The highest BCUT2D eigenvalue weighted by atomic mass is 16.5. The molecule has 3 atom stereocenters. The van der Waals surface area contributed by atoms with E-state index in [1.165, 1.54) is 63.4 Å². The lowest BCUT2D eigenvalue weighted by molar-refractivity contribution is -0.124. The predicted molar refractivity (Wildman–Crippen MR) is 168 cm³/mol. The fourth-order valence-electron chi connectivity index (χ4n) is 7.55. The summed E-state index contributed by atoms with van der Waals surface area (Å²) in [5.41, 5.74) is 3.92. The molecular weight excluding hydrogens is 508 g/mol. The number of Topliss-reactive ketones (excluding diaryl/α,β-unsaturated/α-hetero) is 1. The van der Waals surface area contributed by atoms with Crippen LogP contribution in [0.4, 0.5) is 0 Å². The van der Waals surface area contributed by atoms with Gasteiger partial charge in [0.25, 0.3) is 0 Å². The smallest absolute Gasteiger partial charge is 0.335 e. The minimum Gasteiger partial charge on any atom is -0.490 e. The molecule has 0 heterocycles. The number of ether oxygens (including phenoxy) is 1. The molecule has 0 radical (unpaired) electrons. The Morgan fingerprint density at radius 1 is 0.951 bits per heavy atom. The summed E-state index contributed by atoms with van der Waals surface area (Å²) >= 11 is 0. The Bertz CT molecular complexity index is 1160. The van der Waals surface area contributed by atoms with Crippen LogP contribution < -0.4 is 4.74 Å². The zero-order valence-corrected chi connectivity index (χ0v) is 25.9. The Morgan fingerprint density at radius 3 is 2.34 bits per heavy atom. The van der Waals surface area contributed by atoms with Crippen molar-refractivity contribution in [3.63, 3.8) is 0 Å². The highest BCUT2D eigenvalue weighted by Crippen LogP contribution is 2.46.